The van der Waals surface area contributed by atoms with E-state index in [9.17, 15) is 0 Å². The molecule has 8 N–H and O–H groups in total. The van der Waals surface area contributed by atoms with Crippen molar-refractivity contribution in [3.8, 4) is 11.5 Å². The van der Waals surface area contributed by atoms with Crippen LogP contribution in [0.3, 0.4) is 0 Å². The number of benzene rings is 2. The molecule has 0 aliphatic carbocycles. The van der Waals surface area contributed by atoms with E-state index < -0.39 is 0 Å². The minimum atomic E-state index is 0. The number of hydrogen-bond donors (Lipinski definition) is 5. The summed E-state index contributed by atoms with van der Waals surface area (Å²) in [5, 5.41) is 17.9. The number of nitrogen functional groups attached to an aromatic ring is 2. The van der Waals surface area contributed by atoms with Crippen LogP contribution >= 0.6 is 0 Å². The van der Waals surface area contributed by atoms with Gasteiger partial charge in [0.1, 0.15) is 11.5 Å². The molecule has 0 bridgehead atoms. The second-order valence-electron chi connectivity index (χ2n) is 3.95. The largest absolute Gasteiger partial charge is 0.506 e. The van der Waals surface area contributed by atoms with Gasteiger partial charge in [0.05, 0.1) is 17.9 Å². The molecular formula is C14H16BN4O2. The fraction of sp³-hybridized carbons (Fsp3) is 0.0714. The van der Waals surface area contributed by atoms with E-state index in [0.717, 1.165) is 5.56 Å². The molecule has 0 atom stereocenters. The molecule has 0 amide bonds. The van der Waals surface area contributed by atoms with E-state index in [-0.39, 0.29) is 25.6 Å². The molecule has 2 rings (SSSR count). The lowest BCUT2D eigenvalue weighted by Gasteiger charge is -1.99. The average Bonchev–Trinajstić information content (AvgIpc) is 2.45. The number of nitrogens with zero attached hydrogens (tertiary/aromatic N) is 1. The van der Waals surface area contributed by atoms with Crippen LogP contribution in [0.5, 0.6) is 11.5 Å². The van der Waals surface area contributed by atoms with E-state index in [1.807, 2.05) is 0 Å². The number of phenols is 2. The zero-order valence-corrected chi connectivity index (χ0v) is 11.3. The molecule has 107 valence electrons. The van der Waals surface area contributed by atoms with Crippen molar-refractivity contribution in [3.05, 3.63) is 53.4 Å². The molecule has 2 aromatic carbocycles. The van der Waals surface area contributed by atoms with Crippen LogP contribution in [0.1, 0.15) is 5.56 Å². The molecule has 0 aliphatic rings. The van der Waals surface area contributed by atoms with Crippen LogP contribution in [0.15, 0.2) is 36.4 Å². The summed E-state index contributed by atoms with van der Waals surface area (Å²) in [6.07, 6.45) is 0. The molecule has 0 aromatic heterocycles. The second kappa shape index (κ2) is 8.35. The van der Waals surface area contributed by atoms with Crippen molar-refractivity contribution in [2.45, 2.75) is 6.54 Å². The maximum atomic E-state index is 8.97. The molecule has 2 aromatic rings. The minimum Gasteiger partial charge on any atom is -0.506 e. The Balaban J connectivity index is 0.000000364. The highest BCUT2D eigenvalue weighted by molar-refractivity contribution is 5.75. The van der Waals surface area contributed by atoms with Gasteiger partial charge in [-0.25, -0.2) is 4.85 Å². The van der Waals surface area contributed by atoms with Gasteiger partial charge in [-0.15, -0.1) is 0 Å². The molecule has 0 fully saturated rings. The molecule has 0 heterocycles. The standard InChI is InChI=1S/C7H6N2O.C7H10N2O.B/c1-9-5-2-3-7(10)6(8)4-5;8-4-5-1-2-7(10)6(9)3-5;/h2-4,10H,8H2;1-3,10H,4,8-9H2;. The monoisotopic (exact) mass is 283 g/mol. The van der Waals surface area contributed by atoms with Crippen LogP contribution in [-0.2, 0) is 6.54 Å². The van der Waals surface area contributed by atoms with Gasteiger partial charge >= 0.3 is 0 Å². The van der Waals surface area contributed by atoms with E-state index in [0.29, 0.717) is 17.9 Å². The zero-order valence-electron chi connectivity index (χ0n) is 11.3. The van der Waals surface area contributed by atoms with Gasteiger partial charge in [-0.05, 0) is 29.8 Å². The Hall–Kier alpha value is -2.85. The van der Waals surface area contributed by atoms with Crippen LogP contribution in [0, 0.1) is 6.57 Å². The van der Waals surface area contributed by atoms with Crippen LogP contribution in [0.2, 0.25) is 0 Å². The highest BCUT2D eigenvalue weighted by Gasteiger charge is 1.96. The molecule has 0 saturated heterocycles. The predicted octanol–water partition coefficient (Wildman–Crippen LogP) is 1.58. The fourth-order valence-corrected chi connectivity index (χ4v) is 1.34. The number of phenolic OH excluding ortho intramolecular Hbond substituents is 2. The number of anilines is 2. The second-order valence-corrected chi connectivity index (χ2v) is 3.95. The van der Waals surface area contributed by atoms with Gasteiger partial charge in [0.15, 0.2) is 5.69 Å². The van der Waals surface area contributed by atoms with Gasteiger partial charge in [0.25, 0.3) is 0 Å². The smallest absolute Gasteiger partial charge is 0.189 e. The number of hydrogen-bond acceptors (Lipinski definition) is 5. The quantitative estimate of drug-likeness (QED) is 0.235. The third-order valence-electron chi connectivity index (χ3n) is 2.47. The van der Waals surface area contributed by atoms with Gasteiger partial charge in [-0.2, -0.15) is 0 Å². The summed E-state index contributed by atoms with van der Waals surface area (Å²) in [6.45, 7) is 7.05. The first kappa shape index (κ1) is 18.2. The van der Waals surface area contributed by atoms with Crippen molar-refractivity contribution in [1.82, 2.24) is 0 Å². The highest BCUT2D eigenvalue weighted by atomic mass is 16.3. The van der Waals surface area contributed by atoms with Crippen LogP contribution in [-0.4, -0.2) is 18.6 Å². The van der Waals surface area contributed by atoms with Crippen molar-refractivity contribution in [1.29, 1.82) is 0 Å². The lowest BCUT2D eigenvalue weighted by atomic mass is 10.2. The van der Waals surface area contributed by atoms with Crippen molar-refractivity contribution >= 4 is 25.5 Å². The van der Waals surface area contributed by atoms with Crippen molar-refractivity contribution in [3.63, 3.8) is 0 Å². The zero-order chi connectivity index (χ0) is 15.1. The van der Waals surface area contributed by atoms with Crippen LogP contribution in [0.25, 0.3) is 4.85 Å². The molecular weight excluding hydrogens is 267 g/mol. The minimum absolute atomic E-state index is 0. The lowest BCUT2D eigenvalue weighted by molar-refractivity contribution is 0.477. The normalized spacial score (nSPS) is 8.76. The summed E-state index contributed by atoms with van der Waals surface area (Å²) in [6, 6.07) is 9.29. The Morgan fingerprint density at radius 3 is 1.90 bits per heavy atom. The topological polar surface area (TPSA) is 123 Å². The summed E-state index contributed by atoms with van der Waals surface area (Å²) in [7, 11) is 0. The van der Waals surface area contributed by atoms with Gasteiger partial charge < -0.3 is 27.4 Å². The van der Waals surface area contributed by atoms with E-state index in [1.165, 1.54) is 24.3 Å². The molecule has 0 aliphatic heterocycles. The van der Waals surface area contributed by atoms with Crippen molar-refractivity contribution < 1.29 is 10.2 Å². The Morgan fingerprint density at radius 2 is 1.48 bits per heavy atom. The molecule has 6 nitrogen and oxygen atoms in total. The third kappa shape index (κ3) is 5.34. The Labute approximate surface area is 125 Å². The van der Waals surface area contributed by atoms with E-state index in [4.69, 9.17) is 34.0 Å². The SMILES string of the molecule is NCc1ccc(O)c(N)c1.[B].[C-]#[N+]c1ccc(O)c(N)c1. The Kier molecular flexibility index (Phi) is 7.22. The highest BCUT2D eigenvalue weighted by Crippen LogP contribution is 2.24. The van der Waals surface area contributed by atoms with Crippen molar-refractivity contribution in [2.75, 3.05) is 11.5 Å². The van der Waals surface area contributed by atoms with E-state index in [1.54, 1.807) is 12.1 Å². The Morgan fingerprint density at radius 1 is 0.952 bits per heavy atom. The maximum Gasteiger partial charge on any atom is 0.189 e. The lowest BCUT2D eigenvalue weighted by Crippen LogP contribution is -1.97. The number of nitrogens with two attached hydrogens (primary N) is 3. The summed E-state index contributed by atoms with van der Waals surface area (Å²) in [4.78, 5) is 3.13. The number of aromatic hydroxyl groups is 2. The number of rotatable bonds is 1. The van der Waals surface area contributed by atoms with Crippen LogP contribution < -0.4 is 17.2 Å². The van der Waals surface area contributed by atoms with Crippen LogP contribution in [0.4, 0.5) is 17.1 Å². The third-order valence-corrected chi connectivity index (χ3v) is 2.47. The molecule has 3 radical (unpaired) electrons. The molecule has 0 saturated carbocycles. The summed E-state index contributed by atoms with van der Waals surface area (Å²) < 4.78 is 0. The van der Waals surface area contributed by atoms with Gasteiger partial charge in [-0.3, -0.25) is 0 Å². The Bertz CT molecular complexity index is 641. The molecule has 0 spiro atoms. The fourth-order valence-electron chi connectivity index (χ4n) is 1.34. The predicted molar refractivity (Wildman–Crippen MR) is 84.9 cm³/mol. The van der Waals surface area contributed by atoms with Crippen molar-refractivity contribution in [2.24, 2.45) is 5.73 Å². The molecule has 21 heavy (non-hydrogen) atoms. The summed E-state index contributed by atoms with van der Waals surface area (Å²) in [5.41, 5.74) is 18.0. The van der Waals surface area contributed by atoms with Gasteiger partial charge in [-0.1, -0.05) is 12.1 Å². The van der Waals surface area contributed by atoms with Gasteiger partial charge in [0, 0.05) is 15.0 Å². The summed E-state index contributed by atoms with van der Waals surface area (Å²) >= 11 is 0. The maximum absolute atomic E-state index is 8.97. The first-order valence-corrected chi connectivity index (χ1v) is 5.71. The van der Waals surface area contributed by atoms with E-state index in [2.05, 4.69) is 4.85 Å². The molecule has 7 heteroatoms. The first-order chi connectivity index (χ1) is 9.47. The summed E-state index contributed by atoms with van der Waals surface area (Å²) in [5.74, 6) is 0.129. The molecule has 0 unspecified atom stereocenters. The average molecular weight is 283 g/mol. The van der Waals surface area contributed by atoms with E-state index >= 15 is 0 Å². The van der Waals surface area contributed by atoms with Gasteiger partial charge in [0.2, 0.25) is 0 Å². The first-order valence-electron chi connectivity index (χ1n) is 5.71.